The molecule has 2 unspecified atom stereocenters. The summed E-state index contributed by atoms with van der Waals surface area (Å²) in [5, 5.41) is 21.0. The van der Waals surface area contributed by atoms with E-state index in [0.29, 0.717) is 0 Å². The first-order valence-corrected chi connectivity index (χ1v) is 13.8. The van der Waals surface area contributed by atoms with Crippen molar-refractivity contribution in [2.45, 2.75) is 24.7 Å². The fourth-order valence-corrected chi connectivity index (χ4v) is 7.43. The molecule has 0 bridgehead atoms. The van der Waals surface area contributed by atoms with Gasteiger partial charge in [-0.1, -0.05) is 0 Å². The van der Waals surface area contributed by atoms with E-state index >= 15 is 0 Å². The fraction of sp³-hybridized carbons (Fsp3) is 0.583. The fourth-order valence-electron chi connectivity index (χ4n) is 4.16. The second kappa shape index (κ2) is 8.00. The van der Waals surface area contributed by atoms with Gasteiger partial charge in [0.15, 0.2) is 11.5 Å². The molecule has 0 spiro atoms. The van der Waals surface area contributed by atoms with Crippen molar-refractivity contribution in [2.75, 3.05) is 12.3 Å². The van der Waals surface area contributed by atoms with E-state index in [-0.39, 0.29) is 28.7 Å². The van der Waals surface area contributed by atoms with E-state index in [1.165, 1.54) is 10.9 Å². The van der Waals surface area contributed by atoms with Crippen LogP contribution in [0.3, 0.4) is 0 Å². The van der Waals surface area contributed by atoms with Gasteiger partial charge in [0.1, 0.15) is 11.6 Å². The molecule has 0 aliphatic heterocycles. The molecule has 2 aliphatic rings. The predicted molar refractivity (Wildman–Crippen MR) is 106 cm³/mol. The number of phosphoric ester groups is 1. The van der Waals surface area contributed by atoms with Crippen molar-refractivity contribution in [3.05, 3.63) is 11.6 Å². The third-order valence-corrected chi connectivity index (χ3v) is 9.46. The number of halogens is 1. The Morgan fingerprint density at radius 3 is 2.45 bits per heavy atom. The second-order valence-electron chi connectivity index (χ2n) is 7.54. The van der Waals surface area contributed by atoms with E-state index in [0.717, 1.165) is 0 Å². The minimum absolute atomic E-state index is 0.00787. The molecule has 0 radical (unpaired) electrons. The van der Waals surface area contributed by atoms with E-state index in [4.69, 9.17) is 27.1 Å². The zero-order valence-electron chi connectivity index (χ0n) is 16.0. The van der Waals surface area contributed by atoms with Crippen LogP contribution in [-0.2, 0) is 26.8 Å². The number of phosphoric acid groups is 3. The van der Waals surface area contributed by atoms with Gasteiger partial charge in [0.25, 0.3) is 0 Å². The van der Waals surface area contributed by atoms with Crippen LogP contribution < -0.4 is 5.73 Å². The summed E-state index contributed by atoms with van der Waals surface area (Å²) in [4.78, 5) is 47.9. The molecule has 2 saturated carbocycles. The van der Waals surface area contributed by atoms with Crippen LogP contribution in [-0.4, -0.2) is 68.1 Å². The molecule has 2 heterocycles. The second-order valence-corrected chi connectivity index (χ2v) is 12.3. The topological polar surface area (TPSA) is 270 Å². The lowest BCUT2D eigenvalue weighted by molar-refractivity contribution is -0.0297. The molecule has 2 aromatic rings. The zero-order valence-corrected chi connectivity index (χ0v) is 19.5. The highest BCUT2D eigenvalue weighted by Crippen LogP contribution is 2.71. The SMILES string of the molecule is Nc1nc(Cl)nc2c1ncn2[C@H]1[C@H](O)[C@H](O)[C@]2(COP(=O)(O)OP(=O)(O)OP(=O)(O)O)C[C@H]12. The van der Waals surface area contributed by atoms with Crippen molar-refractivity contribution in [3.63, 3.8) is 0 Å². The summed E-state index contributed by atoms with van der Waals surface area (Å²) in [6.07, 6.45) is -1.37. The first kappa shape index (κ1) is 25.1. The van der Waals surface area contributed by atoms with Crippen molar-refractivity contribution in [3.8, 4) is 0 Å². The summed E-state index contributed by atoms with van der Waals surface area (Å²) >= 11 is 5.84. The number of anilines is 1. The number of aromatic nitrogens is 4. The summed E-state index contributed by atoms with van der Waals surface area (Å²) in [6, 6.07) is -0.820. The number of imidazole rings is 1. The standard InChI is InChI=1S/C12H17ClN5O12P3/c13-11-16-9(14)5-10(17-11)18(3-15-5)6-4-1-12(4,8(20)7(6)19)2-28-32(24,25)30-33(26,27)29-31(21,22)23/h3-4,6-8,19-20H,1-2H2,(H,24,25)(H,26,27)(H2,14,16,17)(H2,21,22,23)/t4-,6-,7+,8+,12+/m1/s1. The van der Waals surface area contributed by atoms with Gasteiger partial charge in [-0.2, -0.15) is 18.6 Å². The molecule has 2 aliphatic carbocycles. The Balaban J connectivity index is 1.52. The highest BCUT2D eigenvalue weighted by molar-refractivity contribution is 7.66. The Bertz CT molecular complexity index is 1250. The Morgan fingerprint density at radius 2 is 1.82 bits per heavy atom. The number of rotatable bonds is 8. The van der Waals surface area contributed by atoms with Crippen LogP contribution in [0.5, 0.6) is 0 Å². The molecular formula is C12H17ClN5O12P3. The third kappa shape index (κ3) is 4.75. The zero-order chi connectivity index (χ0) is 24.6. The molecule has 0 aromatic carbocycles. The van der Waals surface area contributed by atoms with Crippen LogP contribution >= 0.6 is 35.1 Å². The van der Waals surface area contributed by atoms with Gasteiger partial charge in [0.2, 0.25) is 5.28 Å². The van der Waals surface area contributed by atoms with E-state index in [9.17, 15) is 33.7 Å². The van der Waals surface area contributed by atoms with Gasteiger partial charge in [-0.3, -0.25) is 4.52 Å². The Hall–Kier alpha value is -1.03. The third-order valence-electron chi connectivity index (χ3n) is 5.51. The normalized spacial score (nSPS) is 32.9. The quantitative estimate of drug-likeness (QED) is 0.164. The number of hydrogen-bond acceptors (Lipinski definition) is 12. The molecule has 0 saturated heterocycles. The lowest BCUT2D eigenvalue weighted by atomic mass is 10.0. The van der Waals surface area contributed by atoms with Crippen LogP contribution in [0.15, 0.2) is 6.33 Å². The molecule has 184 valence electrons. The number of nitrogens with zero attached hydrogens (tertiary/aromatic N) is 4. The van der Waals surface area contributed by atoms with Gasteiger partial charge in [0, 0.05) is 5.41 Å². The summed E-state index contributed by atoms with van der Waals surface area (Å²) in [5.41, 5.74) is 4.89. The van der Waals surface area contributed by atoms with Gasteiger partial charge >= 0.3 is 23.5 Å². The van der Waals surface area contributed by atoms with E-state index in [2.05, 4.69) is 28.1 Å². The molecular weight excluding hydrogens is 535 g/mol. The number of aliphatic hydroxyl groups is 2. The molecule has 33 heavy (non-hydrogen) atoms. The Labute approximate surface area is 188 Å². The Morgan fingerprint density at radius 1 is 1.15 bits per heavy atom. The maximum atomic E-state index is 12.0. The van der Waals surface area contributed by atoms with Gasteiger partial charge < -0.3 is 40.1 Å². The molecule has 7 atom stereocenters. The van der Waals surface area contributed by atoms with Crippen molar-refractivity contribution < 1.29 is 56.6 Å². The van der Waals surface area contributed by atoms with Crippen molar-refractivity contribution in [2.24, 2.45) is 11.3 Å². The van der Waals surface area contributed by atoms with Crippen LogP contribution in [0.2, 0.25) is 5.28 Å². The average Bonchev–Trinajstić information content (AvgIpc) is 3.13. The summed E-state index contributed by atoms with van der Waals surface area (Å²) in [7, 11) is -16.6. The monoisotopic (exact) mass is 551 g/mol. The number of nitrogen functional groups attached to an aromatic ring is 1. The van der Waals surface area contributed by atoms with E-state index < -0.39 is 59.7 Å². The number of fused-ring (bicyclic) bond motifs is 2. The summed E-state index contributed by atoms with van der Waals surface area (Å²) in [5.74, 6) is -0.534. The lowest BCUT2D eigenvalue weighted by Gasteiger charge is -2.24. The van der Waals surface area contributed by atoms with Crippen LogP contribution in [0.1, 0.15) is 12.5 Å². The number of aliphatic hydroxyl groups excluding tert-OH is 2. The molecule has 2 aromatic heterocycles. The lowest BCUT2D eigenvalue weighted by Crippen LogP contribution is -2.35. The first-order valence-electron chi connectivity index (χ1n) is 8.85. The van der Waals surface area contributed by atoms with Gasteiger partial charge in [-0.05, 0) is 23.9 Å². The van der Waals surface area contributed by atoms with Crippen molar-refractivity contribution in [1.82, 2.24) is 19.5 Å². The van der Waals surface area contributed by atoms with Gasteiger partial charge in [-0.25, -0.2) is 18.7 Å². The molecule has 21 heteroatoms. The molecule has 0 amide bonds. The molecule has 17 nitrogen and oxygen atoms in total. The smallest absolute Gasteiger partial charge is 0.390 e. The van der Waals surface area contributed by atoms with Crippen LogP contribution in [0.4, 0.5) is 5.82 Å². The number of hydrogen-bond donors (Lipinski definition) is 7. The van der Waals surface area contributed by atoms with Crippen molar-refractivity contribution in [1.29, 1.82) is 0 Å². The molecule has 4 rings (SSSR count). The highest BCUT2D eigenvalue weighted by Gasteiger charge is 2.72. The number of nitrogens with two attached hydrogens (primary N) is 1. The van der Waals surface area contributed by atoms with Gasteiger partial charge in [-0.15, -0.1) is 0 Å². The largest absolute Gasteiger partial charge is 0.490 e. The maximum Gasteiger partial charge on any atom is 0.490 e. The average molecular weight is 552 g/mol. The van der Waals surface area contributed by atoms with Gasteiger partial charge in [0.05, 0.1) is 25.1 Å². The highest BCUT2D eigenvalue weighted by atomic mass is 35.5. The molecule has 8 N–H and O–H groups in total. The van der Waals surface area contributed by atoms with Crippen LogP contribution in [0.25, 0.3) is 11.2 Å². The van der Waals surface area contributed by atoms with E-state index in [1.54, 1.807) is 0 Å². The summed E-state index contributed by atoms with van der Waals surface area (Å²) < 4.78 is 47.6. The summed E-state index contributed by atoms with van der Waals surface area (Å²) in [6.45, 7) is -0.722. The predicted octanol–water partition coefficient (Wildman–Crippen LogP) is -0.312. The van der Waals surface area contributed by atoms with Crippen LogP contribution in [0, 0.1) is 11.3 Å². The first-order chi connectivity index (χ1) is 15.1. The van der Waals surface area contributed by atoms with Crippen molar-refractivity contribution >= 4 is 52.1 Å². The molecule has 2 fully saturated rings. The Kier molecular flexibility index (Phi) is 6.08. The maximum absolute atomic E-state index is 12.0. The minimum Gasteiger partial charge on any atom is -0.390 e. The minimum atomic E-state index is -5.69. The van der Waals surface area contributed by atoms with E-state index in [1.807, 2.05) is 0 Å².